The Labute approximate surface area is 147 Å². The fourth-order valence-electron chi connectivity index (χ4n) is 2.42. The lowest BCUT2D eigenvalue weighted by Crippen LogP contribution is -2.22. The third kappa shape index (κ3) is 4.56. The number of halogens is 1. The Balaban J connectivity index is 1.55. The van der Waals surface area contributed by atoms with E-state index < -0.39 is 0 Å². The van der Waals surface area contributed by atoms with Crippen LogP contribution in [0.25, 0.3) is 0 Å². The van der Waals surface area contributed by atoms with Gasteiger partial charge in [0, 0.05) is 18.7 Å². The highest BCUT2D eigenvalue weighted by Gasteiger charge is 2.16. The largest absolute Gasteiger partial charge is 0.491 e. The number of hydrogen-bond donors (Lipinski definition) is 1. The van der Waals surface area contributed by atoms with Crippen LogP contribution in [0.2, 0.25) is 0 Å². The first kappa shape index (κ1) is 16.5. The van der Waals surface area contributed by atoms with Gasteiger partial charge in [-0.1, -0.05) is 6.07 Å². The Morgan fingerprint density at radius 1 is 1.43 bits per heavy atom. The van der Waals surface area contributed by atoms with Gasteiger partial charge >= 0.3 is 0 Å². The molecule has 1 amide bonds. The average molecular weight is 396 g/mol. The van der Waals surface area contributed by atoms with Crippen molar-refractivity contribution in [2.24, 2.45) is 0 Å². The van der Waals surface area contributed by atoms with E-state index in [0.717, 1.165) is 28.8 Å². The van der Waals surface area contributed by atoms with Crippen LogP contribution in [0.1, 0.15) is 28.8 Å². The van der Waals surface area contributed by atoms with Crippen LogP contribution in [0.3, 0.4) is 0 Å². The van der Waals surface area contributed by atoms with Crippen molar-refractivity contribution in [1.29, 1.82) is 0 Å². The Hall–Kier alpha value is -1.37. The molecule has 3 rings (SSSR count). The molecule has 1 fully saturated rings. The van der Waals surface area contributed by atoms with Crippen LogP contribution in [0.5, 0.6) is 5.75 Å². The summed E-state index contributed by atoms with van der Waals surface area (Å²) in [6.45, 7) is 1.85. The minimum absolute atomic E-state index is 0.106. The molecule has 1 N–H and O–H groups in total. The fraction of sp³-hybridized carbons (Fsp3) is 0.353. The molecule has 1 aromatic carbocycles. The molecule has 0 saturated carbocycles. The van der Waals surface area contributed by atoms with Crippen molar-refractivity contribution in [3.05, 3.63) is 50.6 Å². The van der Waals surface area contributed by atoms with E-state index in [1.165, 1.54) is 0 Å². The summed E-state index contributed by atoms with van der Waals surface area (Å²) in [6.07, 6.45) is 2.30. The zero-order valence-electron chi connectivity index (χ0n) is 12.6. The molecule has 4 nitrogen and oxygen atoms in total. The number of benzene rings is 1. The first-order valence-corrected chi connectivity index (χ1v) is 9.24. The molecular weight excluding hydrogens is 378 g/mol. The van der Waals surface area contributed by atoms with E-state index >= 15 is 0 Å². The number of rotatable bonds is 6. The third-order valence-electron chi connectivity index (χ3n) is 3.69. The van der Waals surface area contributed by atoms with Gasteiger partial charge in [0.05, 0.1) is 9.89 Å². The highest BCUT2D eigenvalue weighted by molar-refractivity contribution is 9.11. The standard InChI is InChI=1S/C17H18BrNO3S/c18-16-13(6-8-23-16)10-19-17(20)12-3-1-4-14(9-12)22-11-15-5-2-7-21-15/h1,3-4,6,8-9,15H,2,5,7,10-11H2,(H,19,20)/t15-/m0/s1. The summed E-state index contributed by atoms with van der Waals surface area (Å²) in [5.74, 6) is 0.593. The van der Waals surface area contributed by atoms with Crippen LogP contribution in [0.15, 0.2) is 39.5 Å². The molecule has 2 aromatic rings. The van der Waals surface area contributed by atoms with E-state index in [1.807, 2.05) is 23.6 Å². The van der Waals surface area contributed by atoms with Crippen LogP contribution in [0, 0.1) is 0 Å². The molecule has 122 valence electrons. The van der Waals surface area contributed by atoms with Gasteiger partial charge < -0.3 is 14.8 Å². The van der Waals surface area contributed by atoms with E-state index in [0.29, 0.717) is 24.5 Å². The molecule has 0 bridgehead atoms. The van der Waals surface area contributed by atoms with Crippen molar-refractivity contribution >= 4 is 33.2 Å². The topological polar surface area (TPSA) is 47.6 Å². The second kappa shape index (κ2) is 7.95. The Morgan fingerprint density at radius 2 is 2.35 bits per heavy atom. The van der Waals surface area contributed by atoms with Gasteiger partial charge in [-0.25, -0.2) is 0 Å². The highest BCUT2D eigenvalue weighted by Crippen LogP contribution is 2.23. The second-order valence-electron chi connectivity index (χ2n) is 5.38. The molecule has 0 unspecified atom stereocenters. The van der Waals surface area contributed by atoms with Crippen molar-refractivity contribution in [2.45, 2.75) is 25.5 Å². The number of amides is 1. The molecule has 0 spiro atoms. The Morgan fingerprint density at radius 3 is 3.09 bits per heavy atom. The molecule has 1 aliphatic rings. The molecule has 0 radical (unpaired) electrons. The number of carbonyl (C=O) groups excluding carboxylic acids is 1. The first-order valence-electron chi connectivity index (χ1n) is 7.57. The smallest absolute Gasteiger partial charge is 0.251 e. The van der Waals surface area contributed by atoms with Crippen molar-refractivity contribution in [2.75, 3.05) is 13.2 Å². The zero-order chi connectivity index (χ0) is 16.1. The van der Waals surface area contributed by atoms with E-state index in [2.05, 4.69) is 21.2 Å². The van der Waals surface area contributed by atoms with E-state index in [-0.39, 0.29) is 12.0 Å². The maximum absolute atomic E-state index is 12.3. The molecule has 6 heteroatoms. The van der Waals surface area contributed by atoms with Gasteiger partial charge in [-0.2, -0.15) is 0 Å². The lowest BCUT2D eigenvalue weighted by atomic mass is 10.2. The Bertz CT molecular complexity index is 667. The maximum atomic E-state index is 12.3. The van der Waals surface area contributed by atoms with Crippen LogP contribution in [-0.4, -0.2) is 25.2 Å². The molecule has 1 saturated heterocycles. The predicted molar refractivity (Wildman–Crippen MR) is 94.1 cm³/mol. The lowest BCUT2D eigenvalue weighted by molar-refractivity contribution is 0.0679. The van der Waals surface area contributed by atoms with Gasteiger partial charge in [-0.3, -0.25) is 4.79 Å². The van der Waals surface area contributed by atoms with Gasteiger partial charge in [-0.05, 0) is 64.0 Å². The zero-order valence-corrected chi connectivity index (χ0v) is 15.0. The summed E-state index contributed by atoms with van der Waals surface area (Å²) >= 11 is 5.08. The minimum Gasteiger partial charge on any atom is -0.491 e. The van der Waals surface area contributed by atoms with Crippen LogP contribution < -0.4 is 10.1 Å². The lowest BCUT2D eigenvalue weighted by Gasteiger charge is -2.12. The van der Waals surface area contributed by atoms with Crippen molar-refractivity contribution in [3.8, 4) is 5.75 Å². The summed E-state index contributed by atoms with van der Waals surface area (Å²) in [5, 5.41) is 4.92. The summed E-state index contributed by atoms with van der Waals surface area (Å²) in [5.41, 5.74) is 1.68. The van der Waals surface area contributed by atoms with Crippen LogP contribution in [-0.2, 0) is 11.3 Å². The first-order chi connectivity index (χ1) is 11.2. The normalized spacial score (nSPS) is 17.2. The number of carbonyl (C=O) groups is 1. The molecule has 0 aliphatic carbocycles. The van der Waals surface area contributed by atoms with E-state index in [9.17, 15) is 4.79 Å². The summed E-state index contributed by atoms with van der Waals surface area (Å²) in [7, 11) is 0. The second-order valence-corrected chi connectivity index (χ2v) is 7.61. The number of hydrogen-bond acceptors (Lipinski definition) is 4. The number of nitrogens with one attached hydrogen (secondary N) is 1. The Kier molecular flexibility index (Phi) is 5.70. The minimum atomic E-state index is -0.106. The van der Waals surface area contributed by atoms with Crippen molar-refractivity contribution in [1.82, 2.24) is 5.32 Å². The number of ether oxygens (including phenoxy) is 2. The quantitative estimate of drug-likeness (QED) is 0.803. The molecule has 1 atom stereocenters. The third-order valence-corrected chi connectivity index (χ3v) is 5.50. The average Bonchev–Trinajstić information content (AvgIpc) is 3.22. The summed E-state index contributed by atoms with van der Waals surface area (Å²) < 4.78 is 12.3. The van der Waals surface area contributed by atoms with Crippen LogP contribution >= 0.6 is 27.3 Å². The monoisotopic (exact) mass is 395 g/mol. The van der Waals surface area contributed by atoms with Gasteiger partial charge in [0.2, 0.25) is 0 Å². The molecule has 2 heterocycles. The summed E-state index contributed by atoms with van der Waals surface area (Å²) in [6, 6.07) is 9.25. The SMILES string of the molecule is O=C(NCc1ccsc1Br)c1cccc(OC[C@@H]2CCCO2)c1. The van der Waals surface area contributed by atoms with Gasteiger partial charge in [0.25, 0.3) is 5.91 Å². The fourth-order valence-corrected chi connectivity index (χ4v) is 3.65. The van der Waals surface area contributed by atoms with Crippen molar-refractivity contribution in [3.63, 3.8) is 0 Å². The summed E-state index contributed by atoms with van der Waals surface area (Å²) in [4.78, 5) is 12.3. The molecule has 1 aliphatic heterocycles. The van der Waals surface area contributed by atoms with Gasteiger partial charge in [0.15, 0.2) is 0 Å². The van der Waals surface area contributed by atoms with Gasteiger partial charge in [-0.15, -0.1) is 11.3 Å². The van der Waals surface area contributed by atoms with Crippen LogP contribution in [0.4, 0.5) is 0 Å². The van der Waals surface area contributed by atoms with Gasteiger partial charge in [0.1, 0.15) is 12.4 Å². The van der Waals surface area contributed by atoms with E-state index in [1.54, 1.807) is 23.5 Å². The van der Waals surface area contributed by atoms with E-state index in [4.69, 9.17) is 9.47 Å². The molecule has 1 aromatic heterocycles. The number of thiophene rings is 1. The van der Waals surface area contributed by atoms with Crippen molar-refractivity contribution < 1.29 is 14.3 Å². The maximum Gasteiger partial charge on any atom is 0.251 e. The molecule has 23 heavy (non-hydrogen) atoms. The highest BCUT2D eigenvalue weighted by atomic mass is 79.9. The predicted octanol–water partition coefficient (Wildman–Crippen LogP) is 4.00. The molecular formula is C17H18BrNO3S.